The normalized spacial score (nSPS) is 21.9. The first-order valence-electron chi connectivity index (χ1n) is 12.0. The minimum absolute atomic E-state index is 0.135. The van der Waals surface area contributed by atoms with Crippen molar-refractivity contribution in [2.24, 2.45) is 11.8 Å². The van der Waals surface area contributed by atoms with Crippen LogP contribution in [0.5, 0.6) is 5.75 Å². The van der Waals surface area contributed by atoms with Gasteiger partial charge in [0.1, 0.15) is 11.6 Å². The molecular formula is C26H36N4O2. The van der Waals surface area contributed by atoms with Gasteiger partial charge >= 0.3 is 0 Å². The number of anilines is 2. The van der Waals surface area contributed by atoms with E-state index in [1.54, 1.807) is 13.3 Å². The summed E-state index contributed by atoms with van der Waals surface area (Å²) in [7, 11) is 1.73. The second-order valence-corrected chi connectivity index (χ2v) is 9.14. The molecule has 2 heterocycles. The van der Waals surface area contributed by atoms with Crippen molar-refractivity contribution in [3.05, 3.63) is 48.7 Å². The van der Waals surface area contributed by atoms with Crippen LogP contribution in [0.2, 0.25) is 0 Å². The molecule has 0 spiro atoms. The van der Waals surface area contributed by atoms with Crippen molar-refractivity contribution in [2.45, 2.75) is 32.6 Å². The number of hydrogen-bond donors (Lipinski definition) is 0. The third-order valence-corrected chi connectivity index (χ3v) is 6.99. The Kier molecular flexibility index (Phi) is 7.63. The first kappa shape index (κ1) is 22.6. The number of nitrogens with zero attached hydrogens (tertiary/aromatic N) is 4. The van der Waals surface area contributed by atoms with Crippen molar-refractivity contribution >= 4 is 17.4 Å². The van der Waals surface area contributed by atoms with Gasteiger partial charge in [-0.05, 0) is 55.9 Å². The second-order valence-electron chi connectivity index (χ2n) is 9.14. The standard InChI is InChI=1S/C26H36N4O2/c1-21-10-12-22(13-11-21)26(31)30(25-9-5-6-14-27-25)20-17-28-15-18-29(19-16-28)23-7-3-4-8-24(23)32-2/h3-9,14,21-22H,10-13,15-20H2,1-2H3. The summed E-state index contributed by atoms with van der Waals surface area (Å²) in [6.07, 6.45) is 6.08. The average Bonchev–Trinajstić information content (AvgIpc) is 2.85. The van der Waals surface area contributed by atoms with E-state index < -0.39 is 0 Å². The SMILES string of the molecule is COc1ccccc1N1CCN(CCN(C(=O)C2CCC(C)CC2)c2ccccn2)CC1. The minimum Gasteiger partial charge on any atom is -0.495 e. The van der Waals surface area contributed by atoms with Gasteiger partial charge in [0, 0.05) is 51.4 Å². The van der Waals surface area contributed by atoms with Gasteiger partial charge in [0.25, 0.3) is 0 Å². The quantitative estimate of drug-likeness (QED) is 0.655. The van der Waals surface area contributed by atoms with Gasteiger partial charge in [0.05, 0.1) is 12.8 Å². The average molecular weight is 437 g/mol. The topological polar surface area (TPSA) is 48.9 Å². The van der Waals surface area contributed by atoms with Crippen LogP contribution in [0.15, 0.2) is 48.7 Å². The van der Waals surface area contributed by atoms with Crippen LogP contribution in [0.25, 0.3) is 0 Å². The monoisotopic (exact) mass is 436 g/mol. The van der Waals surface area contributed by atoms with Gasteiger partial charge < -0.3 is 9.64 Å². The second kappa shape index (κ2) is 10.8. The van der Waals surface area contributed by atoms with Crippen LogP contribution in [-0.4, -0.2) is 62.2 Å². The number of methoxy groups -OCH3 is 1. The molecule has 1 aliphatic carbocycles. The number of ether oxygens (including phenoxy) is 1. The number of carbonyl (C=O) groups excluding carboxylic acids is 1. The molecule has 1 saturated carbocycles. The number of piperazine rings is 1. The van der Waals surface area contributed by atoms with Crippen molar-refractivity contribution in [1.82, 2.24) is 9.88 Å². The van der Waals surface area contributed by atoms with Crippen LogP contribution in [0, 0.1) is 11.8 Å². The van der Waals surface area contributed by atoms with Crippen LogP contribution in [-0.2, 0) is 4.79 Å². The van der Waals surface area contributed by atoms with Gasteiger partial charge in [-0.2, -0.15) is 0 Å². The molecule has 1 saturated heterocycles. The maximum absolute atomic E-state index is 13.4. The van der Waals surface area contributed by atoms with E-state index in [-0.39, 0.29) is 11.8 Å². The number of pyridine rings is 1. The molecule has 1 amide bonds. The fourth-order valence-electron chi connectivity index (χ4n) is 4.92. The highest BCUT2D eigenvalue weighted by Crippen LogP contribution is 2.31. The van der Waals surface area contributed by atoms with Gasteiger partial charge in [0.2, 0.25) is 5.91 Å². The zero-order valence-electron chi connectivity index (χ0n) is 19.4. The lowest BCUT2D eigenvalue weighted by Crippen LogP contribution is -2.50. The molecular weight excluding hydrogens is 400 g/mol. The molecule has 0 N–H and O–H groups in total. The Morgan fingerprint density at radius 2 is 1.75 bits per heavy atom. The molecule has 1 aliphatic heterocycles. The Labute approximate surface area is 192 Å². The van der Waals surface area contributed by atoms with E-state index >= 15 is 0 Å². The molecule has 1 aromatic carbocycles. The van der Waals surface area contributed by atoms with E-state index in [0.29, 0.717) is 6.54 Å². The molecule has 6 heteroatoms. The Hall–Kier alpha value is -2.60. The Bertz CT molecular complexity index is 859. The largest absolute Gasteiger partial charge is 0.495 e. The number of amides is 1. The maximum atomic E-state index is 13.4. The predicted molar refractivity (Wildman–Crippen MR) is 129 cm³/mol. The summed E-state index contributed by atoms with van der Waals surface area (Å²) in [5.41, 5.74) is 1.16. The summed E-state index contributed by atoms with van der Waals surface area (Å²) in [6.45, 7) is 7.72. The number of aromatic nitrogens is 1. The molecule has 172 valence electrons. The highest BCUT2D eigenvalue weighted by molar-refractivity contribution is 5.94. The molecule has 2 fully saturated rings. The summed E-state index contributed by atoms with van der Waals surface area (Å²) in [5.74, 6) is 2.83. The van der Waals surface area contributed by atoms with Gasteiger partial charge in [0.15, 0.2) is 0 Å². The number of benzene rings is 1. The van der Waals surface area contributed by atoms with Crippen molar-refractivity contribution in [3.63, 3.8) is 0 Å². The van der Waals surface area contributed by atoms with E-state index in [9.17, 15) is 4.79 Å². The van der Waals surface area contributed by atoms with Crippen molar-refractivity contribution in [2.75, 3.05) is 56.2 Å². The van der Waals surface area contributed by atoms with Crippen molar-refractivity contribution < 1.29 is 9.53 Å². The lowest BCUT2D eigenvalue weighted by molar-refractivity contribution is -0.123. The van der Waals surface area contributed by atoms with Crippen LogP contribution in [0.3, 0.4) is 0 Å². The highest BCUT2D eigenvalue weighted by Gasteiger charge is 2.30. The molecule has 2 aliphatic rings. The molecule has 0 bridgehead atoms. The molecule has 4 rings (SSSR count). The third kappa shape index (κ3) is 5.41. The summed E-state index contributed by atoms with van der Waals surface area (Å²) in [5, 5.41) is 0. The maximum Gasteiger partial charge on any atom is 0.231 e. The van der Waals surface area contributed by atoms with Crippen molar-refractivity contribution in [3.8, 4) is 5.75 Å². The molecule has 0 unspecified atom stereocenters. The van der Waals surface area contributed by atoms with Crippen LogP contribution in [0.1, 0.15) is 32.6 Å². The van der Waals surface area contributed by atoms with E-state index in [0.717, 1.165) is 81.6 Å². The minimum atomic E-state index is 0.135. The fraction of sp³-hybridized carbons (Fsp3) is 0.538. The van der Waals surface area contributed by atoms with Crippen LogP contribution >= 0.6 is 0 Å². The number of para-hydroxylation sites is 2. The lowest BCUT2D eigenvalue weighted by Gasteiger charge is -2.38. The summed E-state index contributed by atoms with van der Waals surface area (Å²) >= 11 is 0. The summed E-state index contributed by atoms with van der Waals surface area (Å²) < 4.78 is 5.54. The zero-order valence-corrected chi connectivity index (χ0v) is 19.4. The van der Waals surface area contributed by atoms with E-state index in [2.05, 4.69) is 33.8 Å². The highest BCUT2D eigenvalue weighted by atomic mass is 16.5. The van der Waals surface area contributed by atoms with Gasteiger partial charge in [-0.1, -0.05) is 25.1 Å². The van der Waals surface area contributed by atoms with Crippen LogP contribution < -0.4 is 14.5 Å². The van der Waals surface area contributed by atoms with E-state index in [1.165, 1.54) is 0 Å². The third-order valence-electron chi connectivity index (χ3n) is 6.99. The molecule has 1 aromatic heterocycles. The van der Waals surface area contributed by atoms with Gasteiger partial charge in [-0.25, -0.2) is 4.98 Å². The molecule has 0 radical (unpaired) electrons. The Balaban J connectivity index is 1.36. The molecule has 0 atom stereocenters. The van der Waals surface area contributed by atoms with Crippen molar-refractivity contribution in [1.29, 1.82) is 0 Å². The van der Waals surface area contributed by atoms with Crippen LogP contribution in [0.4, 0.5) is 11.5 Å². The molecule has 32 heavy (non-hydrogen) atoms. The fourth-order valence-corrected chi connectivity index (χ4v) is 4.92. The molecule has 2 aromatic rings. The zero-order chi connectivity index (χ0) is 22.3. The number of rotatable bonds is 7. The summed E-state index contributed by atoms with van der Waals surface area (Å²) in [6, 6.07) is 14.1. The van der Waals surface area contributed by atoms with E-state index in [4.69, 9.17) is 4.74 Å². The Morgan fingerprint density at radius 3 is 2.44 bits per heavy atom. The first-order valence-corrected chi connectivity index (χ1v) is 12.0. The summed E-state index contributed by atoms with van der Waals surface area (Å²) in [4.78, 5) is 24.7. The lowest BCUT2D eigenvalue weighted by atomic mass is 9.82. The number of hydrogen-bond acceptors (Lipinski definition) is 5. The first-order chi connectivity index (χ1) is 15.7. The smallest absolute Gasteiger partial charge is 0.231 e. The van der Waals surface area contributed by atoms with E-state index in [1.807, 2.05) is 35.2 Å². The Morgan fingerprint density at radius 1 is 1.03 bits per heavy atom. The van der Waals surface area contributed by atoms with Gasteiger partial charge in [-0.15, -0.1) is 0 Å². The number of carbonyl (C=O) groups is 1. The van der Waals surface area contributed by atoms with Gasteiger partial charge in [-0.3, -0.25) is 14.6 Å². The molecule has 6 nitrogen and oxygen atoms in total. The predicted octanol–water partition coefficient (Wildman–Crippen LogP) is 4.07.